The summed E-state index contributed by atoms with van der Waals surface area (Å²) in [6.45, 7) is 1.30. The number of aliphatic imine (C=N–C) groups is 1. The lowest BCUT2D eigenvalue weighted by atomic mass is 10.1. The number of thioether (sulfide) groups is 2. The molecule has 0 radical (unpaired) electrons. The normalized spacial score (nSPS) is 17.3. The zero-order valence-corrected chi connectivity index (χ0v) is 19.5. The van der Waals surface area contributed by atoms with E-state index in [9.17, 15) is 14.4 Å². The van der Waals surface area contributed by atoms with Crippen LogP contribution in [-0.4, -0.2) is 58.1 Å². The number of hydrogen-bond donors (Lipinski definition) is 1. The van der Waals surface area contributed by atoms with E-state index in [1.54, 1.807) is 47.0 Å². The average molecular weight is 478 g/mol. The first-order chi connectivity index (χ1) is 15.0. The average Bonchev–Trinajstić information content (AvgIpc) is 3.36. The highest BCUT2D eigenvalue weighted by molar-refractivity contribution is 8.26. The number of nitrogens with one attached hydrogen (secondary N) is 1. The van der Waals surface area contributed by atoms with Gasteiger partial charge >= 0.3 is 5.97 Å². The quantitative estimate of drug-likeness (QED) is 0.266. The third-order valence-electron chi connectivity index (χ3n) is 4.62. The highest BCUT2D eigenvalue weighted by Crippen LogP contribution is 2.32. The van der Waals surface area contributed by atoms with Crippen LogP contribution in [0, 0.1) is 0 Å². The summed E-state index contributed by atoms with van der Waals surface area (Å²) in [5.41, 5.74) is 1.26. The second-order valence-electron chi connectivity index (χ2n) is 6.84. The van der Waals surface area contributed by atoms with Crippen molar-refractivity contribution in [3.63, 3.8) is 0 Å². The van der Waals surface area contributed by atoms with Gasteiger partial charge in [0.15, 0.2) is 5.17 Å². The lowest BCUT2D eigenvalue weighted by Crippen LogP contribution is -2.29. The Kier molecular flexibility index (Phi) is 8.68. The number of carbonyl (C=O) groups is 3. The summed E-state index contributed by atoms with van der Waals surface area (Å²) in [4.78, 5) is 42.5. The van der Waals surface area contributed by atoms with Gasteiger partial charge in [0.1, 0.15) is 4.32 Å². The maximum Gasteiger partial charge on any atom is 0.337 e. The molecule has 1 aromatic carbocycles. The molecule has 0 aliphatic carbocycles. The van der Waals surface area contributed by atoms with Crippen molar-refractivity contribution >= 4 is 69.1 Å². The minimum absolute atomic E-state index is 0.0140. The molecule has 0 unspecified atom stereocenters. The molecule has 0 bridgehead atoms. The van der Waals surface area contributed by atoms with Crippen LogP contribution in [0.1, 0.15) is 41.6 Å². The number of rotatable bonds is 8. The number of methoxy groups -OCH3 is 1. The molecule has 3 rings (SSSR count). The van der Waals surface area contributed by atoms with Crippen molar-refractivity contribution in [3.05, 3.63) is 40.3 Å². The standard InChI is InChI=1S/C21H23N3O4S3/c1-28-19(27)15-8-6-14(7-9-15)13-16-18(26)24(21(29)31-16)11-4-2-3-5-17(25)23-20-22-10-12-30-20/h6-9,13H,2-5,10-12H2,1H3,(H,22,23,25). The summed E-state index contributed by atoms with van der Waals surface area (Å²) in [6.07, 6.45) is 4.57. The number of amides is 2. The molecule has 1 saturated heterocycles. The van der Waals surface area contributed by atoms with E-state index in [1.165, 1.54) is 18.9 Å². The van der Waals surface area contributed by atoms with Crippen LogP contribution in [0.5, 0.6) is 0 Å². The summed E-state index contributed by atoms with van der Waals surface area (Å²) >= 11 is 8.21. The Morgan fingerprint density at radius 3 is 2.71 bits per heavy atom. The zero-order chi connectivity index (χ0) is 22.2. The van der Waals surface area contributed by atoms with Crippen LogP contribution in [0.3, 0.4) is 0 Å². The van der Waals surface area contributed by atoms with Crippen LogP contribution < -0.4 is 5.32 Å². The molecule has 7 nitrogen and oxygen atoms in total. The lowest BCUT2D eigenvalue weighted by Gasteiger charge is -2.14. The fourth-order valence-corrected chi connectivity index (χ4v) is 5.06. The molecule has 1 fully saturated rings. The van der Waals surface area contributed by atoms with Crippen molar-refractivity contribution in [1.82, 2.24) is 10.2 Å². The lowest BCUT2D eigenvalue weighted by molar-refractivity contribution is -0.122. The van der Waals surface area contributed by atoms with Gasteiger partial charge in [-0.3, -0.25) is 19.5 Å². The molecule has 31 heavy (non-hydrogen) atoms. The number of amidine groups is 1. The molecule has 1 N–H and O–H groups in total. The van der Waals surface area contributed by atoms with Gasteiger partial charge in [0.2, 0.25) is 5.91 Å². The highest BCUT2D eigenvalue weighted by Gasteiger charge is 2.31. The summed E-state index contributed by atoms with van der Waals surface area (Å²) < 4.78 is 5.23. The van der Waals surface area contributed by atoms with Crippen LogP contribution in [-0.2, 0) is 14.3 Å². The predicted molar refractivity (Wildman–Crippen MR) is 129 cm³/mol. The van der Waals surface area contributed by atoms with Crippen molar-refractivity contribution in [2.45, 2.75) is 25.7 Å². The van der Waals surface area contributed by atoms with Crippen LogP contribution in [0.15, 0.2) is 34.2 Å². The van der Waals surface area contributed by atoms with Gasteiger partial charge in [0.25, 0.3) is 5.91 Å². The number of hydrogen-bond acceptors (Lipinski definition) is 8. The third kappa shape index (κ3) is 6.65. The molecule has 2 aliphatic heterocycles. The largest absolute Gasteiger partial charge is 0.465 e. The Hall–Kier alpha value is -2.17. The second-order valence-corrected chi connectivity index (χ2v) is 9.60. The maximum absolute atomic E-state index is 12.7. The first kappa shape index (κ1) is 23.5. The van der Waals surface area contributed by atoms with E-state index in [2.05, 4.69) is 15.0 Å². The summed E-state index contributed by atoms with van der Waals surface area (Å²) in [7, 11) is 1.33. The van der Waals surface area contributed by atoms with Crippen LogP contribution in [0.25, 0.3) is 6.08 Å². The van der Waals surface area contributed by atoms with Gasteiger partial charge in [-0.25, -0.2) is 4.79 Å². The molecule has 2 amide bonds. The van der Waals surface area contributed by atoms with E-state index in [0.717, 1.165) is 37.1 Å². The van der Waals surface area contributed by atoms with Gasteiger partial charge in [-0.05, 0) is 36.6 Å². The van der Waals surface area contributed by atoms with Crippen molar-refractivity contribution < 1.29 is 19.1 Å². The molecule has 2 aliphatic rings. The Bertz CT molecular complexity index is 928. The van der Waals surface area contributed by atoms with Gasteiger partial charge in [-0.1, -0.05) is 54.3 Å². The first-order valence-electron chi connectivity index (χ1n) is 9.89. The zero-order valence-electron chi connectivity index (χ0n) is 17.1. The monoisotopic (exact) mass is 477 g/mol. The van der Waals surface area contributed by atoms with Crippen molar-refractivity contribution in [1.29, 1.82) is 0 Å². The number of benzene rings is 1. The van der Waals surface area contributed by atoms with Crippen molar-refractivity contribution in [2.75, 3.05) is 26.0 Å². The molecule has 0 spiro atoms. The molecule has 10 heteroatoms. The van der Waals surface area contributed by atoms with Crippen molar-refractivity contribution in [3.8, 4) is 0 Å². The Balaban J connectivity index is 1.44. The third-order valence-corrected chi connectivity index (χ3v) is 6.89. The SMILES string of the molecule is COC(=O)c1ccc(C=C2SC(=S)N(CCCCCC(=O)NC3=NCCS3)C2=O)cc1. The number of thiocarbonyl (C=S) groups is 1. The topological polar surface area (TPSA) is 88.1 Å². The minimum atomic E-state index is -0.401. The molecule has 0 saturated carbocycles. The van der Waals surface area contributed by atoms with Crippen LogP contribution in [0.4, 0.5) is 0 Å². The number of carbonyl (C=O) groups excluding carboxylic acids is 3. The van der Waals surface area contributed by atoms with E-state index in [0.29, 0.717) is 32.9 Å². The van der Waals surface area contributed by atoms with E-state index in [-0.39, 0.29) is 11.8 Å². The van der Waals surface area contributed by atoms with E-state index < -0.39 is 5.97 Å². The van der Waals surface area contributed by atoms with E-state index in [1.807, 2.05) is 0 Å². The van der Waals surface area contributed by atoms with Gasteiger partial charge in [-0.15, -0.1) is 0 Å². The fraction of sp³-hybridized carbons (Fsp3) is 0.381. The molecule has 1 aromatic rings. The fourth-order valence-electron chi connectivity index (χ4n) is 3.00. The molecule has 2 heterocycles. The van der Waals surface area contributed by atoms with Gasteiger partial charge in [0.05, 0.1) is 24.1 Å². The molecule has 0 aromatic heterocycles. The Labute approximate surface area is 195 Å². The first-order valence-corrected chi connectivity index (χ1v) is 12.1. The molecule has 0 atom stereocenters. The van der Waals surface area contributed by atoms with Gasteiger partial charge in [-0.2, -0.15) is 0 Å². The van der Waals surface area contributed by atoms with Gasteiger partial charge < -0.3 is 10.1 Å². The summed E-state index contributed by atoms with van der Waals surface area (Å²) in [5.74, 6) is 0.398. The maximum atomic E-state index is 12.7. The Morgan fingerprint density at radius 1 is 1.26 bits per heavy atom. The van der Waals surface area contributed by atoms with E-state index in [4.69, 9.17) is 12.2 Å². The molecule has 164 valence electrons. The number of ether oxygens (including phenoxy) is 1. The highest BCUT2D eigenvalue weighted by atomic mass is 32.2. The number of nitrogens with zero attached hydrogens (tertiary/aromatic N) is 2. The second kappa shape index (κ2) is 11.4. The summed E-state index contributed by atoms with van der Waals surface area (Å²) in [5, 5.41) is 3.54. The molecular formula is C21H23N3O4S3. The minimum Gasteiger partial charge on any atom is -0.465 e. The number of unbranched alkanes of at least 4 members (excludes halogenated alkanes) is 2. The van der Waals surface area contributed by atoms with Crippen LogP contribution >= 0.6 is 35.7 Å². The smallest absolute Gasteiger partial charge is 0.337 e. The predicted octanol–water partition coefficient (Wildman–Crippen LogP) is 3.45. The molecular weight excluding hydrogens is 454 g/mol. The van der Waals surface area contributed by atoms with Crippen molar-refractivity contribution in [2.24, 2.45) is 4.99 Å². The van der Waals surface area contributed by atoms with Crippen LogP contribution in [0.2, 0.25) is 0 Å². The van der Waals surface area contributed by atoms with E-state index >= 15 is 0 Å². The number of esters is 1. The Morgan fingerprint density at radius 2 is 2.03 bits per heavy atom. The summed E-state index contributed by atoms with van der Waals surface area (Å²) in [6, 6.07) is 6.85. The van der Waals surface area contributed by atoms with Gasteiger partial charge in [0, 0.05) is 18.7 Å².